The van der Waals surface area contributed by atoms with Gasteiger partial charge in [-0.15, -0.1) is 0 Å². The van der Waals surface area contributed by atoms with Gasteiger partial charge in [-0.3, -0.25) is 15.0 Å². The molecule has 0 bridgehead atoms. The van der Waals surface area contributed by atoms with E-state index in [9.17, 15) is 18.4 Å². The quantitative estimate of drug-likeness (QED) is 0.649. The smallest absolute Gasteiger partial charge is 0.281 e. The Bertz CT molecular complexity index is 1120. The van der Waals surface area contributed by atoms with Gasteiger partial charge in [0.05, 0.1) is 17.3 Å². The number of anilines is 1. The Hall–Kier alpha value is -3.29. The van der Waals surface area contributed by atoms with E-state index in [1.807, 2.05) is 0 Å². The maximum absolute atomic E-state index is 13.4. The van der Waals surface area contributed by atoms with E-state index in [0.29, 0.717) is 23.4 Å². The molecule has 0 spiro atoms. The lowest BCUT2D eigenvalue weighted by Crippen LogP contribution is -2.37. The summed E-state index contributed by atoms with van der Waals surface area (Å²) in [5, 5.41) is 3.55. The van der Waals surface area contributed by atoms with Gasteiger partial charge in [-0.25, -0.2) is 13.8 Å². The molecule has 0 radical (unpaired) electrons. The van der Waals surface area contributed by atoms with Crippen molar-refractivity contribution in [1.29, 1.82) is 0 Å². The first-order valence-electron chi connectivity index (χ1n) is 10.00. The summed E-state index contributed by atoms with van der Waals surface area (Å²) in [6.07, 6.45) is 4.32. The average molecular weight is 412 g/mol. The molecule has 6 nitrogen and oxygen atoms in total. The number of nitrogens with one attached hydrogen (secondary N) is 2. The molecule has 1 aliphatic carbocycles. The molecule has 2 aromatic carbocycles. The zero-order chi connectivity index (χ0) is 21.1. The van der Waals surface area contributed by atoms with Crippen LogP contribution < -0.4 is 16.3 Å². The average Bonchev–Trinajstić information content (AvgIpc) is 3.21. The first-order chi connectivity index (χ1) is 14.5. The SMILES string of the molecule is O=C(Cc1cc(F)cc(F)c1)Nn1c(NCC2CCCC2)nc2ccccc2c1=O. The minimum atomic E-state index is -0.763. The number of benzene rings is 2. The summed E-state index contributed by atoms with van der Waals surface area (Å²) in [6.45, 7) is 0.649. The number of carbonyl (C=O) groups excluding carboxylic acids is 1. The van der Waals surface area contributed by atoms with Gasteiger partial charge < -0.3 is 5.32 Å². The molecular weight excluding hydrogens is 390 g/mol. The van der Waals surface area contributed by atoms with Crippen LogP contribution in [0, 0.1) is 17.6 Å². The first-order valence-corrected chi connectivity index (χ1v) is 10.00. The van der Waals surface area contributed by atoms with Crippen molar-refractivity contribution in [3.05, 3.63) is 70.0 Å². The van der Waals surface area contributed by atoms with E-state index in [2.05, 4.69) is 15.7 Å². The monoisotopic (exact) mass is 412 g/mol. The van der Waals surface area contributed by atoms with Crippen molar-refractivity contribution in [3.8, 4) is 0 Å². The molecule has 156 valence electrons. The van der Waals surface area contributed by atoms with Crippen LogP contribution in [0.3, 0.4) is 0 Å². The van der Waals surface area contributed by atoms with Crippen LogP contribution in [0.1, 0.15) is 31.2 Å². The number of aromatic nitrogens is 2. The molecule has 1 amide bonds. The molecule has 0 saturated heterocycles. The van der Waals surface area contributed by atoms with Crippen LogP contribution in [0.5, 0.6) is 0 Å². The Kier molecular flexibility index (Phi) is 5.74. The molecule has 0 atom stereocenters. The largest absolute Gasteiger partial charge is 0.354 e. The molecular formula is C22H22F2N4O2. The van der Waals surface area contributed by atoms with Crippen molar-refractivity contribution in [3.63, 3.8) is 0 Å². The normalized spacial score (nSPS) is 14.2. The van der Waals surface area contributed by atoms with Gasteiger partial charge in [-0.05, 0) is 48.6 Å². The molecule has 4 rings (SSSR count). The van der Waals surface area contributed by atoms with Crippen molar-refractivity contribution in [2.75, 3.05) is 17.3 Å². The third-order valence-electron chi connectivity index (χ3n) is 5.32. The zero-order valence-corrected chi connectivity index (χ0v) is 16.3. The number of hydrogen-bond acceptors (Lipinski definition) is 4. The highest BCUT2D eigenvalue weighted by Gasteiger charge is 2.18. The summed E-state index contributed by atoms with van der Waals surface area (Å²) in [5.74, 6) is -1.37. The topological polar surface area (TPSA) is 76.0 Å². The van der Waals surface area contributed by atoms with Crippen molar-refractivity contribution in [1.82, 2.24) is 9.66 Å². The van der Waals surface area contributed by atoms with E-state index in [4.69, 9.17) is 0 Å². The molecule has 1 aromatic heterocycles. The molecule has 1 heterocycles. The van der Waals surface area contributed by atoms with Gasteiger partial charge in [0.15, 0.2) is 0 Å². The van der Waals surface area contributed by atoms with Crippen LogP contribution in [0.4, 0.5) is 14.7 Å². The second-order valence-electron chi connectivity index (χ2n) is 7.61. The third kappa shape index (κ3) is 4.48. The highest BCUT2D eigenvalue weighted by Crippen LogP contribution is 2.24. The van der Waals surface area contributed by atoms with E-state index in [-0.39, 0.29) is 17.9 Å². The van der Waals surface area contributed by atoms with E-state index in [1.54, 1.807) is 24.3 Å². The number of rotatable bonds is 6. The molecule has 1 fully saturated rings. The minimum absolute atomic E-state index is 0.173. The van der Waals surface area contributed by atoms with Crippen molar-refractivity contribution < 1.29 is 13.6 Å². The first kappa shape index (κ1) is 20.0. The summed E-state index contributed by atoms with van der Waals surface area (Å²) in [4.78, 5) is 30.0. The van der Waals surface area contributed by atoms with E-state index >= 15 is 0 Å². The molecule has 3 aromatic rings. The van der Waals surface area contributed by atoms with Gasteiger partial charge in [0.25, 0.3) is 5.56 Å². The summed E-state index contributed by atoms with van der Waals surface area (Å²) in [7, 11) is 0. The summed E-state index contributed by atoms with van der Waals surface area (Å²) < 4.78 is 27.9. The van der Waals surface area contributed by atoms with Gasteiger partial charge >= 0.3 is 0 Å². The number of halogens is 2. The second kappa shape index (κ2) is 8.61. The predicted octanol–water partition coefficient (Wildman–Crippen LogP) is 3.59. The number of amides is 1. The van der Waals surface area contributed by atoms with Gasteiger partial charge in [-0.1, -0.05) is 25.0 Å². The molecule has 1 saturated carbocycles. The second-order valence-corrected chi connectivity index (χ2v) is 7.61. The lowest BCUT2D eigenvalue weighted by atomic mass is 10.1. The van der Waals surface area contributed by atoms with E-state index in [1.165, 1.54) is 12.8 Å². The van der Waals surface area contributed by atoms with Gasteiger partial charge in [0.1, 0.15) is 11.6 Å². The number of para-hydroxylation sites is 1. The number of nitrogens with zero attached hydrogens (tertiary/aromatic N) is 2. The Labute approximate surface area is 171 Å². The summed E-state index contributed by atoms with van der Waals surface area (Å²) in [5.41, 5.74) is 2.80. The molecule has 0 aliphatic heterocycles. The lowest BCUT2D eigenvalue weighted by molar-refractivity contribution is -0.116. The Morgan fingerprint density at radius 1 is 1.10 bits per heavy atom. The number of hydrogen-bond donors (Lipinski definition) is 2. The van der Waals surface area contributed by atoms with Gasteiger partial charge in [0, 0.05) is 12.6 Å². The molecule has 30 heavy (non-hydrogen) atoms. The number of carbonyl (C=O) groups is 1. The van der Waals surface area contributed by atoms with Crippen LogP contribution in [0.2, 0.25) is 0 Å². The predicted molar refractivity (Wildman–Crippen MR) is 111 cm³/mol. The standard InChI is InChI=1S/C22H22F2N4O2/c23-16-9-15(10-17(24)12-16)11-20(29)27-28-21(30)18-7-3-4-8-19(18)26-22(28)25-13-14-5-1-2-6-14/h3-4,7-10,12,14H,1-2,5-6,11,13H2,(H,25,26)(H,27,29). The molecule has 0 unspecified atom stereocenters. The lowest BCUT2D eigenvalue weighted by Gasteiger charge is -2.17. The summed E-state index contributed by atoms with van der Waals surface area (Å²) >= 11 is 0. The van der Waals surface area contributed by atoms with Crippen LogP contribution in [-0.2, 0) is 11.2 Å². The van der Waals surface area contributed by atoms with Crippen molar-refractivity contribution in [2.45, 2.75) is 32.1 Å². The van der Waals surface area contributed by atoms with Crippen LogP contribution in [0.15, 0.2) is 47.3 Å². The van der Waals surface area contributed by atoms with Crippen molar-refractivity contribution in [2.24, 2.45) is 5.92 Å². The van der Waals surface area contributed by atoms with E-state index in [0.717, 1.165) is 35.7 Å². The molecule has 8 heteroatoms. The molecule has 1 aliphatic rings. The highest BCUT2D eigenvalue weighted by molar-refractivity contribution is 5.87. The van der Waals surface area contributed by atoms with Crippen LogP contribution >= 0.6 is 0 Å². The minimum Gasteiger partial charge on any atom is -0.354 e. The van der Waals surface area contributed by atoms with Gasteiger partial charge in [-0.2, -0.15) is 4.68 Å². The zero-order valence-electron chi connectivity index (χ0n) is 16.3. The fraction of sp³-hybridized carbons (Fsp3) is 0.318. The summed E-state index contributed by atoms with van der Waals surface area (Å²) in [6, 6.07) is 9.79. The fourth-order valence-corrected chi connectivity index (χ4v) is 3.87. The van der Waals surface area contributed by atoms with Crippen molar-refractivity contribution >= 4 is 22.8 Å². The Balaban J connectivity index is 1.61. The van der Waals surface area contributed by atoms with E-state index < -0.39 is 23.1 Å². The highest BCUT2D eigenvalue weighted by atomic mass is 19.1. The fourth-order valence-electron chi connectivity index (χ4n) is 3.87. The van der Waals surface area contributed by atoms with Crippen LogP contribution in [0.25, 0.3) is 10.9 Å². The third-order valence-corrected chi connectivity index (χ3v) is 5.32. The van der Waals surface area contributed by atoms with Gasteiger partial charge in [0.2, 0.25) is 11.9 Å². The maximum Gasteiger partial charge on any atom is 0.281 e. The van der Waals surface area contributed by atoms with Crippen LogP contribution in [-0.4, -0.2) is 22.1 Å². The number of fused-ring (bicyclic) bond motifs is 1. The Morgan fingerprint density at radius 3 is 2.53 bits per heavy atom. The Morgan fingerprint density at radius 2 is 1.80 bits per heavy atom. The maximum atomic E-state index is 13.4. The molecule has 2 N–H and O–H groups in total.